The predicted octanol–water partition coefficient (Wildman–Crippen LogP) is 4.20. The van der Waals surface area contributed by atoms with E-state index in [1.807, 2.05) is 6.07 Å². The molecule has 3 aromatic rings. The number of aliphatic hydroxyl groups is 1. The number of pyridine rings is 1. The average Bonchev–Trinajstić information content (AvgIpc) is 2.73. The van der Waals surface area contributed by atoms with Gasteiger partial charge in [0.25, 0.3) is 0 Å². The van der Waals surface area contributed by atoms with Gasteiger partial charge in [-0.25, -0.2) is 18.2 Å². The van der Waals surface area contributed by atoms with Gasteiger partial charge in [-0.3, -0.25) is 4.72 Å². The molecule has 32 heavy (non-hydrogen) atoms. The lowest BCUT2D eigenvalue weighted by Crippen LogP contribution is -2.14. The Hall–Kier alpha value is -3.14. The molecule has 2 aromatic carbocycles. The fourth-order valence-corrected chi connectivity index (χ4v) is 3.70. The molecule has 0 saturated heterocycles. The van der Waals surface area contributed by atoms with E-state index in [-0.39, 0.29) is 34.3 Å². The van der Waals surface area contributed by atoms with E-state index in [4.69, 9.17) is 21.1 Å². The van der Waals surface area contributed by atoms with Gasteiger partial charge in [0.05, 0.1) is 29.6 Å². The molecule has 0 aliphatic carbocycles. The number of halogens is 1. The van der Waals surface area contributed by atoms with Crippen LogP contribution in [0.15, 0.2) is 60.7 Å². The predicted molar refractivity (Wildman–Crippen MR) is 122 cm³/mol. The number of hydrogen-bond donors (Lipinski definition) is 2. The third-order valence-corrected chi connectivity index (χ3v) is 5.22. The van der Waals surface area contributed by atoms with Crippen molar-refractivity contribution in [3.63, 3.8) is 0 Å². The Morgan fingerprint density at radius 3 is 2.56 bits per heavy atom. The first-order valence-corrected chi connectivity index (χ1v) is 11.7. The zero-order valence-corrected chi connectivity index (χ0v) is 18.9. The number of rotatable bonds is 8. The van der Waals surface area contributed by atoms with Crippen molar-refractivity contribution < 1.29 is 27.8 Å². The molecule has 0 aliphatic rings. The summed E-state index contributed by atoms with van der Waals surface area (Å²) in [6.45, 7) is 5.33. The van der Waals surface area contributed by atoms with Crippen molar-refractivity contribution in [2.75, 3.05) is 17.6 Å². The van der Waals surface area contributed by atoms with Crippen molar-refractivity contribution in [3.05, 3.63) is 71.4 Å². The Kier molecular flexibility index (Phi) is 7.02. The number of benzene rings is 2. The Morgan fingerprint density at radius 1 is 1.25 bits per heavy atom. The van der Waals surface area contributed by atoms with E-state index in [1.165, 1.54) is 18.2 Å². The summed E-state index contributed by atoms with van der Waals surface area (Å²) in [7, 11) is -3.63. The van der Waals surface area contributed by atoms with Crippen LogP contribution in [0, 0.1) is 0 Å². The van der Waals surface area contributed by atoms with Crippen LogP contribution in [0.5, 0.6) is 11.5 Å². The van der Waals surface area contributed by atoms with Crippen LogP contribution in [-0.4, -0.2) is 37.3 Å². The zero-order valence-electron chi connectivity index (χ0n) is 17.3. The van der Waals surface area contributed by atoms with Gasteiger partial charge in [0.1, 0.15) is 17.0 Å². The minimum Gasteiger partial charge on any atom is -0.463 e. The second-order valence-corrected chi connectivity index (χ2v) is 8.95. The van der Waals surface area contributed by atoms with Crippen molar-refractivity contribution >= 4 is 44.2 Å². The number of anilines is 1. The standard InChI is InChI=1S/C22H21ClN2O6S/c1-4-30-22(27)13(2)20(26)16-10-14-11-18(25-32(3,28)29)19(12-17(14)24-21(16)23)31-15-8-6-5-7-9-15/h5-12,20,25-26H,2,4H2,1,3H3. The first-order chi connectivity index (χ1) is 15.1. The molecule has 0 amide bonds. The van der Waals surface area contributed by atoms with Crippen LogP contribution >= 0.6 is 11.6 Å². The summed E-state index contributed by atoms with van der Waals surface area (Å²) in [6, 6.07) is 13.3. The minimum absolute atomic E-state index is 0.0510. The van der Waals surface area contributed by atoms with Crippen molar-refractivity contribution in [1.82, 2.24) is 4.98 Å². The topological polar surface area (TPSA) is 115 Å². The lowest BCUT2D eigenvalue weighted by molar-refractivity contribution is -0.139. The zero-order chi connectivity index (χ0) is 23.5. The smallest absolute Gasteiger partial charge is 0.336 e. The molecule has 168 valence electrons. The number of carbonyl (C=O) groups excluding carboxylic acids is 1. The highest BCUT2D eigenvalue weighted by molar-refractivity contribution is 7.92. The molecule has 0 spiro atoms. The van der Waals surface area contributed by atoms with Gasteiger partial charge in [-0.1, -0.05) is 36.4 Å². The van der Waals surface area contributed by atoms with Gasteiger partial charge >= 0.3 is 5.97 Å². The Labute approximate surface area is 190 Å². The first kappa shape index (κ1) is 23.5. The highest BCUT2D eigenvalue weighted by atomic mass is 35.5. The van der Waals surface area contributed by atoms with Gasteiger partial charge < -0.3 is 14.6 Å². The summed E-state index contributed by atoms with van der Waals surface area (Å²) in [5.74, 6) is -0.0589. The van der Waals surface area contributed by atoms with Gasteiger partial charge in [0.15, 0.2) is 5.75 Å². The number of carbonyl (C=O) groups is 1. The highest BCUT2D eigenvalue weighted by Gasteiger charge is 2.23. The number of nitrogens with one attached hydrogen (secondary N) is 1. The maximum atomic E-state index is 11.9. The number of para-hydroxylation sites is 1. The lowest BCUT2D eigenvalue weighted by atomic mass is 10.0. The van der Waals surface area contributed by atoms with E-state index in [1.54, 1.807) is 31.2 Å². The van der Waals surface area contributed by atoms with Gasteiger partial charge in [0, 0.05) is 17.0 Å². The van der Waals surface area contributed by atoms with Crippen molar-refractivity contribution in [2.24, 2.45) is 0 Å². The van der Waals surface area contributed by atoms with Crippen molar-refractivity contribution in [2.45, 2.75) is 13.0 Å². The van der Waals surface area contributed by atoms with Gasteiger partial charge in [-0.05, 0) is 31.2 Å². The molecule has 2 N–H and O–H groups in total. The van der Waals surface area contributed by atoms with E-state index in [2.05, 4.69) is 16.3 Å². The quantitative estimate of drug-likeness (QED) is 0.284. The molecule has 0 saturated carbocycles. The van der Waals surface area contributed by atoms with Gasteiger partial charge in [-0.2, -0.15) is 0 Å². The lowest BCUT2D eigenvalue weighted by Gasteiger charge is -2.17. The molecular weight excluding hydrogens is 456 g/mol. The maximum Gasteiger partial charge on any atom is 0.336 e. The Bertz CT molecular complexity index is 1280. The van der Waals surface area contributed by atoms with E-state index in [0.29, 0.717) is 16.7 Å². The van der Waals surface area contributed by atoms with Crippen LogP contribution in [0.3, 0.4) is 0 Å². The summed E-state index contributed by atoms with van der Waals surface area (Å²) in [5, 5.41) is 11.0. The number of aromatic nitrogens is 1. The van der Waals surface area contributed by atoms with Crippen molar-refractivity contribution in [1.29, 1.82) is 0 Å². The third-order valence-electron chi connectivity index (χ3n) is 4.33. The molecule has 0 aliphatic heterocycles. The summed E-state index contributed by atoms with van der Waals surface area (Å²) < 4.78 is 36.9. The minimum atomic E-state index is -3.63. The molecule has 0 fully saturated rings. The number of sulfonamides is 1. The molecule has 3 rings (SSSR count). The SMILES string of the molecule is C=C(C(=O)OCC)C(O)c1cc2cc(NS(C)(=O)=O)c(Oc3ccccc3)cc2nc1Cl. The largest absolute Gasteiger partial charge is 0.463 e. The molecule has 0 radical (unpaired) electrons. The third kappa shape index (κ3) is 5.56. The molecular formula is C22H21ClN2O6S. The fraction of sp³-hybridized carbons (Fsp3) is 0.182. The van der Waals surface area contributed by atoms with Crippen LogP contribution in [0.4, 0.5) is 5.69 Å². The van der Waals surface area contributed by atoms with Gasteiger partial charge in [-0.15, -0.1) is 0 Å². The van der Waals surface area contributed by atoms with E-state index < -0.39 is 22.1 Å². The molecule has 0 bridgehead atoms. The van der Waals surface area contributed by atoms with Crippen LogP contribution in [0.2, 0.25) is 5.15 Å². The molecule has 1 aromatic heterocycles. The second kappa shape index (κ2) is 9.56. The van der Waals surface area contributed by atoms with Crippen molar-refractivity contribution in [3.8, 4) is 11.5 Å². The van der Waals surface area contributed by atoms with E-state index >= 15 is 0 Å². The Balaban J connectivity index is 2.09. The number of aliphatic hydroxyl groups excluding tert-OH is 1. The number of fused-ring (bicyclic) bond motifs is 1. The maximum absolute atomic E-state index is 11.9. The van der Waals surface area contributed by atoms with Crippen LogP contribution in [0.25, 0.3) is 10.9 Å². The first-order valence-electron chi connectivity index (χ1n) is 9.48. The molecule has 8 nitrogen and oxygen atoms in total. The summed E-state index contributed by atoms with van der Waals surface area (Å²) in [4.78, 5) is 16.2. The molecule has 10 heteroatoms. The second-order valence-electron chi connectivity index (χ2n) is 6.85. The summed E-state index contributed by atoms with van der Waals surface area (Å²) >= 11 is 6.27. The summed E-state index contributed by atoms with van der Waals surface area (Å²) in [6.07, 6.45) is -0.438. The highest BCUT2D eigenvalue weighted by Crippen LogP contribution is 2.37. The molecule has 1 heterocycles. The van der Waals surface area contributed by atoms with Gasteiger partial charge in [0.2, 0.25) is 10.0 Å². The number of esters is 1. The Morgan fingerprint density at radius 2 is 1.94 bits per heavy atom. The summed E-state index contributed by atoms with van der Waals surface area (Å²) in [5.41, 5.74) is 0.475. The van der Waals surface area contributed by atoms with Crippen LogP contribution in [0.1, 0.15) is 18.6 Å². The number of ether oxygens (including phenoxy) is 2. The monoisotopic (exact) mass is 476 g/mol. The van der Waals surface area contributed by atoms with E-state index in [0.717, 1.165) is 6.26 Å². The molecule has 1 unspecified atom stereocenters. The fourth-order valence-electron chi connectivity index (χ4n) is 2.89. The normalized spacial score (nSPS) is 12.2. The number of nitrogens with zero attached hydrogens (tertiary/aromatic N) is 1. The molecule has 1 atom stereocenters. The number of hydrogen-bond acceptors (Lipinski definition) is 7. The van der Waals surface area contributed by atoms with Crippen LogP contribution < -0.4 is 9.46 Å². The van der Waals surface area contributed by atoms with Crippen LogP contribution in [-0.2, 0) is 19.6 Å². The van der Waals surface area contributed by atoms with E-state index in [9.17, 15) is 18.3 Å². The average molecular weight is 477 g/mol.